The summed E-state index contributed by atoms with van der Waals surface area (Å²) in [7, 11) is 0. The van der Waals surface area contributed by atoms with Crippen LogP contribution in [0.3, 0.4) is 0 Å². The first kappa shape index (κ1) is 41.9. The number of rotatable bonds is 6. The average molecular weight is 983 g/mol. The van der Waals surface area contributed by atoms with E-state index in [2.05, 4.69) is 278 Å². The molecule has 0 fully saturated rings. The lowest BCUT2D eigenvalue weighted by Gasteiger charge is -2.14. The zero-order valence-electron chi connectivity index (χ0n) is 41.3. The van der Waals surface area contributed by atoms with Crippen LogP contribution in [0.15, 0.2) is 255 Å². The van der Waals surface area contributed by atoms with Crippen LogP contribution in [0, 0.1) is 0 Å². The highest BCUT2D eigenvalue weighted by molar-refractivity contribution is 6.14. The monoisotopic (exact) mass is 982 g/mol. The summed E-state index contributed by atoms with van der Waals surface area (Å²) >= 11 is 0. The van der Waals surface area contributed by atoms with Crippen molar-refractivity contribution in [2.24, 2.45) is 0 Å². The van der Waals surface area contributed by atoms with Crippen molar-refractivity contribution in [3.05, 3.63) is 255 Å². The lowest BCUT2D eigenvalue weighted by molar-refractivity contribution is 0.892. The number of hydrogen-bond acceptors (Lipinski definition) is 3. The molecule has 11 aromatic carbocycles. The summed E-state index contributed by atoms with van der Waals surface area (Å²) in [5.41, 5.74) is 15.2. The van der Waals surface area contributed by atoms with Gasteiger partial charge in [0.25, 0.3) is 0 Å². The molecule has 0 aliphatic heterocycles. The molecule has 358 valence electrons. The molecular weight excluding hydrogens is 941 g/mol. The number of para-hydroxylation sites is 8. The fourth-order valence-electron chi connectivity index (χ4n) is 12.7. The van der Waals surface area contributed by atoms with Crippen molar-refractivity contribution in [2.75, 3.05) is 0 Å². The molecule has 0 bridgehead atoms. The fraction of sp³-hybridized carbons (Fsp3) is 0. The second kappa shape index (κ2) is 16.0. The molecule has 0 N–H and O–H groups in total. The van der Waals surface area contributed by atoms with Gasteiger partial charge in [-0.05, 0) is 109 Å². The van der Waals surface area contributed by atoms with E-state index in [1.807, 2.05) is 0 Å². The highest BCUT2D eigenvalue weighted by atomic mass is 15.3. The van der Waals surface area contributed by atoms with Gasteiger partial charge < -0.3 is 13.7 Å². The van der Waals surface area contributed by atoms with Gasteiger partial charge >= 0.3 is 0 Å². The molecule has 0 saturated carbocycles. The summed E-state index contributed by atoms with van der Waals surface area (Å²) in [4.78, 5) is 16.3. The standard InChI is InChI=1S/C69H42N8/c1-9-25-57-47(17-1)48-18-2-10-26-58(48)74(57)45-37-39-65-55(41-45)53-23-7-13-29-61(53)73(65)44-35-33-43(34-36-44)67-70-68(76-62-30-14-5-21-51(62)52-22-6-15-31-63(52)76)72-69(71-67)77-64-32-16-8-24-54(64)56-42-46(38-40-66(56)77)75-59-27-11-3-19-49(59)50-20-4-12-28-60(50)75/h1-42H. The van der Waals surface area contributed by atoms with Crippen molar-refractivity contribution in [1.29, 1.82) is 0 Å². The van der Waals surface area contributed by atoms with E-state index in [0.29, 0.717) is 17.7 Å². The molecule has 0 unspecified atom stereocenters. The Labute approximate surface area is 439 Å². The summed E-state index contributed by atoms with van der Waals surface area (Å²) < 4.78 is 11.5. The summed E-state index contributed by atoms with van der Waals surface area (Å²) in [6.45, 7) is 0. The predicted octanol–water partition coefficient (Wildman–Crippen LogP) is 17.0. The van der Waals surface area contributed by atoms with Crippen molar-refractivity contribution < 1.29 is 0 Å². The average Bonchev–Trinajstić information content (AvgIpc) is 4.31. The lowest BCUT2D eigenvalue weighted by Crippen LogP contribution is -2.10. The van der Waals surface area contributed by atoms with Crippen LogP contribution < -0.4 is 0 Å². The molecule has 77 heavy (non-hydrogen) atoms. The number of benzene rings is 11. The maximum Gasteiger partial charge on any atom is 0.240 e. The normalized spacial score (nSPS) is 12.2. The van der Waals surface area contributed by atoms with Gasteiger partial charge in [0.05, 0.1) is 55.2 Å². The highest BCUT2D eigenvalue weighted by Gasteiger charge is 2.23. The van der Waals surface area contributed by atoms with Crippen molar-refractivity contribution in [3.63, 3.8) is 0 Å². The molecule has 8 nitrogen and oxygen atoms in total. The largest absolute Gasteiger partial charge is 0.309 e. The van der Waals surface area contributed by atoms with Gasteiger partial charge in [-0.15, -0.1) is 0 Å². The first-order chi connectivity index (χ1) is 38.2. The van der Waals surface area contributed by atoms with Crippen molar-refractivity contribution in [3.8, 4) is 40.3 Å². The van der Waals surface area contributed by atoms with E-state index in [1.54, 1.807) is 0 Å². The number of fused-ring (bicyclic) bond motifs is 15. The van der Waals surface area contributed by atoms with Gasteiger partial charge in [-0.3, -0.25) is 9.13 Å². The number of nitrogens with zero attached hydrogens (tertiary/aromatic N) is 8. The van der Waals surface area contributed by atoms with Gasteiger partial charge in [0, 0.05) is 76.5 Å². The predicted molar refractivity (Wildman–Crippen MR) is 317 cm³/mol. The van der Waals surface area contributed by atoms with Gasteiger partial charge in [-0.2, -0.15) is 15.0 Å². The second-order valence-electron chi connectivity index (χ2n) is 20.0. The summed E-state index contributed by atoms with van der Waals surface area (Å²) in [5, 5.41) is 11.8. The van der Waals surface area contributed by atoms with Crippen LogP contribution in [0.1, 0.15) is 0 Å². The van der Waals surface area contributed by atoms with E-state index in [4.69, 9.17) is 15.0 Å². The Morgan fingerprint density at radius 3 is 0.779 bits per heavy atom. The molecule has 0 saturated heterocycles. The van der Waals surface area contributed by atoms with Crippen molar-refractivity contribution >= 4 is 109 Å². The molecule has 17 rings (SSSR count). The summed E-state index contributed by atoms with van der Waals surface area (Å²) in [6, 6.07) is 91.4. The highest BCUT2D eigenvalue weighted by Crippen LogP contribution is 2.40. The Balaban J connectivity index is 0.852. The van der Waals surface area contributed by atoms with Crippen LogP contribution in [0.5, 0.6) is 0 Å². The Bertz CT molecular complexity index is 5140. The van der Waals surface area contributed by atoms with Gasteiger partial charge in [0.2, 0.25) is 11.9 Å². The van der Waals surface area contributed by atoms with E-state index in [-0.39, 0.29) is 0 Å². The Morgan fingerprint density at radius 2 is 0.442 bits per heavy atom. The summed E-state index contributed by atoms with van der Waals surface area (Å²) in [5.74, 6) is 1.65. The van der Waals surface area contributed by atoms with Gasteiger partial charge in [-0.1, -0.05) is 146 Å². The third-order valence-corrected chi connectivity index (χ3v) is 16.0. The molecule has 0 amide bonds. The van der Waals surface area contributed by atoms with E-state index < -0.39 is 0 Å². The minimum absolute atomic E-state index is 0.535. The molecule has 17 aromatic rings. The zero-order chi connectivity index (χ0) is 50.3. The minimum atomic E-state index is 0.535. The SMILES string of the molecule is c1ccc2c(c1)c1ccccc1n2-c1ccc2c(c1)c1ccccc1n2-c1ccc(-c2nc(-n3c4ccccc4c4ccccc43)nc(-n3c4ccccc4c4cc(-n5c6ccccc6c6ccccc65)ccc43)n2)cc1. The molecule has 8 heteroatoms. The first-order valence-corrected chi connectivity index (χ1v) is 26.1. The third-order valence-electron chi connectivity index (χ3n) is 16.0. The number of hydrogen-bond donors (Lipinski definition) is 0. The lowest BCUT2D eigenvalue weighted by atomic mass is 10.1. The molecule has 0 aliphatic rings. The van der Waals surface area contributed by atoms with Crippen LogP contribution in [0.4, 0.5) is 0 Å². The second-order valence-corrected chi connectivity index (χ2v) is 20.0. The van der Waals surface area contributed by atoms with Crippen molar-refractivity contribution in [1.82, 2.24) is 37.8 Å². The maximum atomic E-state index is 5.48. The van der Waals surface area contributed by atoms with E-state index >= 15 is 0 Å². The zero-order valence-corrected chi connectivity index (χ0v) is 41.3. The molecule has 0 radical (unpaired) electrons. The van der Waals surface area contributed by atoms with Crippen LogP contribution in [-0.2, 0) is 0 Å². The topological polar surface area (TPSA) is 63.3 Å². The third kappa shape index (κ3) is 6.00. The molecule has 6 aromatic heterocycles. The Hall–Kier alpha value is -10.6. The number of aromatic nitrogens is 8. The fourth-order valence-corrected chi connectivity index (χ4v) is 12.7. The van der Waals surface area contributed by atoms with Gasteiger partial charge in [0.1, 0.15) is 0 Å². The molecular formula is C69H42N8. The van der Waals surface area contributed by atoms with Crippen LogP contribution in [0.25, 0.3) is 149 Å². The molecule has 6 heterocycles. The Kier molecular flexibility index (Phi) is 8.68. The van der Waals surface area contributed by atoms with Crippen LogP contribution in [-0.4, -0.2) is 37.8 Å². The smallest absolute Gasteiger partial charge is 0.240 e. The quantitative estimate of drug-likeness (QED) is 0.167. The molecule has 0 atom stereocenters. The van der Waals surface area contributed by atoms with Crippen LogP contribution >= 0.6 is 0 Å². The first-order valence-electron chi connectivity index (χ1n) is 26.1. The summed E-state index contributed by atoms with van der Waals surface area (Å²) in [6.07, 6.45) is 0. The van der Waals surface area contributed by atoms with E-state index in [1.165, 1.54) is 54.4 Å². The van der Waals surface area contributed by atoms with Crippen LogP contribution in [0.2, 0.25) is 0 Å². The van der Waals surface area contributed by atoms with Gasteiger partial charge in [-0.25, -0.2) is 0 Å². The minimum Gasteiger partial charge on any atom is -0.309 e. The van der Waals surface area contributed by atoms with E-state index in [0.717, 1.165) is 77.3 Å². The molecule has 0 spiro atoms. The Morgan fingerprint density at radius 1 is 0.195 bits per heavy atom. The van der Waals surface area contributed by atoms with Gasteiger partial charge in [0.15, 0.2) is 5.82 Å². The molecule has 0 aliphatic carbocycles. The van der Waals surface area contributed by atoms with Crippen molar-refractivity contribution in [2.45, 2.75) is 0 Å². The maximum absolute atomic E-state index is 5.48. The van der Waals surface area contributed by atoms with E-state index in [9.17, 15) is 0 Å².